The summed E-state index contributed by atoms with van der Waals surface area (Å²) in [5.41, 5.74) is 2.15. The molecule has 92 valence electrons. The SMILES string of the molecule is CC(O)CCO.Cc1ccc2ccccc2n1. The Morgan fingerprint density at radius 2 is 1.88 bits per heavy atom. The second-order valence-electron chi connectivity index (χ2n) is 4.01. The molecule has 3 nitrogen and oxygen atoms in total. The summed E-state index contributed by atoms with van der Waals surface area (Å²) < 4.78 is 0. The van der Waals surface area contributed by atoms with E-state index in [-0.39, 0.29) is 12.7 Å². The van der Waals surface area contributed by atoms with E-state index in [1.165, 1.54) is 5.39 Å². The summed E-state index contributed by atoms with van der Waals surface area (Å²) >= 11 is 0. The first-order valence-corrected chi connectivity index (χ1v) is 5.75. The Hall–Kier alpha value is -1.45. The van der Waals surface area contributed by atoms with Crippen LogP contribution >= 0.6 is 0 Å². The highest BCUT2D eigenvalue weighted by Crippen LogP contribution is 2.10. The lowest BCUT2D eigenvalue weighted by Gasteiger charge is -1.95. The highest BCUT2D eigenvalue weighted by atomic mass is 16.3. The van der Waals surface area contributed by atoms with Crippen molar-refractivity contribution in [2.45, 2.75) is 26.4 Å². The summed E-state index contributed by atoms with van der Waals surface area (Å²) in [5, 5.41) is 17.7. The van der Waals surface area contributed by atoms with Gasteiger partial charge in [0.25, 0.3) is 0 Å². The second kappa shape index (κ2) is 6.99. The quantitative estimate of drug-likeness (QED) is 0.836. The molecular formula is C14H19NO2. The third kappa shape index (κ3) is 4.93. The summed E-state index contributed by atoms with van der Waals surface area (Å²) in [5.74, 6) is 0. The number of aliphatic hydroxyl groups excluding tert-OH is 2. The lowest BCUT2D eigenvalue weighted by molar-refractivity contribution is 0.148. The number of pyridine rings is 1. The maximum absolute atomic E-state index is 8.39. The molecule has 0 amide bonds. The summed E-state index contributed by atoms with van der Waals surface area (Å²) in [4.78, 5) is 4.38. The number of rotatable bonds is 2. The number of aryl methyl sites for hydroxylation is 1. The molecule has 1 aromatic carbocycles. The van der Waals surface area contributed by atoms with Gasteiger partial charge in [0.15, 0.2) is 0 Å². The average Bonchev–Trinajstić information content (AvgIpc) is 2.29. The normalized spacial score (nSPS) is 11.8. The first kappa shape index (κ1) is 13.6. The van der Waals surface area contributed by atoms with E-state index in [9.17, 15) is 0 Å². The Morgan fingerprint density at radius 1 is 1.18 bits per heavy atom. The number of benzene rings is 1. The van der Waals surface area contributed by atoms with E-state index in [1.54, 1.807) is 6.92 Å². The van der Waals surface area contributed by atoms with Gasteiger partial charge < -0.3 is 10.2 Å². The molecule has 17 heavy (non-hydrogen) atoms. The van der Waals surface area contributed by atoms with Crippen LogP contribution in [0.4, 0.5) is 0 Å². The highest BCUT2D eigenvalue weighted by Gasteiger charge is 1.91. The van der Waals surface area contributed by atoms with Crippen molar-refractivity contribution < 1.29 is 10.2 Å². The van der Waals surface area contributed by atoms with Gasteiger partial charge in [0, 0.05) is 17.7 Å². The molecular weight excluding hydrogens is 214 g/mol. The van der Waals surface area contributed by atoms with Crippen LogP contribution in [-0.2, 0) is 0 Å². The molecule has 0 aliphatic carbocycles. The van der Waals surface area contributed by atoms with Crippen LogP contribution in [0.3, 0.4) is 0 Å². The summed E-state index contributed by atoms with van der Waals surface area (Å²) in [6.45, 7) is 3.74. The van der Waals surface area contributed by atoms with Gasteiger partial charge in [0.05, 0.1) is 11.6 Å². The van der Waals surface area contributed by atoms with Gasteiger partial charge in [-0.3, -0.25) is 4.98 Å². The van der Waals surface area contributed by atoms with Crippen LogP contribution in [0.5, 0.6) is 0 Å². The molecule has 0 saturated carbocycles. The van der Waals surface area contributed by atoms with Crippen LogP contribution in [0.25, 0.3) is 10.9 Å². The molecule has 1 atom stereocenters. The molecule has 2 aromatic rings. The molecule has 2 rings (SSSR count). The van der Waals surface area contributed by atoms with Gasteiger partial charge in [-0.25, -0.2) is 0 Å². The molecule has 0 aliphatic rings. The second-order valence-corrected chi connectivity index (χ2v) is 4.01. The Labute approximate surface area is 102 Å². The molecule has 3 heteroatoms. The minimum absolute atomic E-state index is 0.0810. The van der Waals surface area contributed by atoms with E-state index in [2.05, 4.69) is 17.1 Å². The van der Waals surface area contributed by atoms with Crippen molar-refractivity contribution in [2.24, 2.45) is 0 Å². The fraction of sp³-hybridized carbons (Fsp3) is 0.357. The van der Waals surface area contributed by atoms with Gasteiger partial charge in [0.1, 0.15) is 0 Å². The molecule has 2 N–H and O–H groups in total. The Kier molecular flexibility index (Phi) is 5.60. The third-order valence-electron chi connectivity index (χ3n) is 2.28. The molecule has 0 fully saturated rings. The molecule has 1 aromatic heterocycles. The molecule has 0 saturated heterocycles. The van der Waals surface area contributed by atoms with Crippen molar-refractivity contribution in [1.82, 2.24) is 4.98 Å². The molecule has 0 radical (unpaired) electrons. The van der Waals surface area contributed by atoms with Crippen LogP contribution < -0.4 is 0 Å². The summed E-state index contributed by atoms with van der Waals surface area (Å²) in [7, 11) is 0. The lowest BCUT2D eigenvalue weighted by atomic mass is 10.2. The molecule has 1 unspecified atom stereocenters. The van der Waals surface area contributed by atoms with E-state index in [0.29, 0.717) is 6.42 Å². The average molecular weight is 233 g/mol. The predicted molar refractivity (Wildman–Crippen MR) is 69.9 cm³/mol. The van der Waals surface area contributed by atoms with E-state index >= 15 is 0 Å². The summed E-state index contributed by atoms with van der Waals surface area (Å²) in [6, 6.07) is 12.3. The number of aliphatic hydroxyl groups is 2. The fourth-order valence-electron chi connectivity index (χ4n) is 1.35. The first-order chi connectivity index (χ1) is 8.13. The van der Waals surface area contributed by atoms with Crippen molar-refractivity contribution in [3.05, 3.63) is 42.1 Å². The van der Waals surface area contributed by atoms with Gasteiger partial charge in [-0.2, -0.15) is 0 Å². The minimum atomic E-state index is -0.352. The fourth-order valence-corrected chi connectivity index (χ4v) is 1.35. The van der Waals surface area contributed by atoms with E-state index in [4.69, 9.17) is 10.2 Å². The van der Waals surface area contributed by atoms with Crippen molar-refractivity contribution in [3.63, 3.8) is 0 Å². The van der Waals surface area contributed by atoms with Crippen LogP contribution in [0.1, 0.15) is 19.0 Å². The number of aromatic nitrogens is 1. The van der Waals surface area contributed by atoms with E-state index in [0.717, 1.165) is 11.2 Å². The largest absolute Gasteiger partial charge is 0.396 e. The lowest BCUT2D eigenvalue weighted by Crippen LogP contribution is -2.00. The monoisotopic (exact) mass is 233 g/mol. The Bertz CT molecular complexity index is 455. The zero-order valence-electron chi connectivity index (χ0n) is 10.3. The van der Waals surface area contributed by atoms with Crippen LogP contribution in [0.15, 0.2) is 36.4 Å². The predicted octanol–water partition coefficient (Wildman–Crippen LogP) is 2.29. The number of hydrogen-bond donors (Lipinski definition) is 2. The first-order valence-electron chi connectivity index (χ1n) is 5.75. The summed E-state index contributed by atoms with van der Waals surface area (Å²) in [6.07, 6.45) is 0.134. The minimum Gasteiger partial charge on any atom is -0.396 e. The molecule has 0 aliphatic heterocycles. The van der Waals surface area contributed by atoms with Crippen molar-refractivity contribution in [1.29, 1.82) is 0 Å². The van der Waals surface area contributed by atoms with Gasteiger partial charge >= 0.3 is 0 Å². The number of para-hydroxylation sites is 1. The zero-order valence-corrected chi connectivity index (χ0v) is 10.3. The van der Waals surface area contributed by atoms with Crippen molar-refractivity contribution in [2.75, 3.05) is 6.61 Å². The standard InChI is InChI=1S/C10H9N.C4H10O2/c1-8-6-7-9-4-2-3-5-10(9)11-8;1-4(6)2-3-5/h2-7H,1H3;4-6H,2-3H2,1H3. The van der Waals surface area contributed by atoms with E-state index < -0.39 is 0 Å². The smallest absolute Gasteiger partial charge is 0.0705 e. The number of nitrogens with zero attached hydrogens (tertiary/aromatic N) is 1. The maximum atomic E-state index is 8.39. The third-order valence-corrected chi connectivity index (χ3v) is 2.28. The van der Waals surface area contributed by atoms with Gasteiger partial charge in [-0.15, -0.1) is 0 Å². The van der Waals surface area contributed by atoms with Crippen LogP contribution in [0, 0.1) is 6.92 Å². The van der Waals surface area contributed by atoms with Crippen molar-refractivity contribution >= 4 is 10.9 Å². The molecule has 0 spiro atoms. The van der Waals surface area contributed by atoms with Gasteiger partial charge in [-0.1, -0.05) is 24.3 Å². The zero-order chi connectivity index (χ0) is 12.7. The van der Waals surface area contributed by atoms with Gasteiger partial charge in [-0.05, 0) is 32.4 Å². The van der Waals surface area contributed by atoms with Crippen LogP contribution in [0.2, 0.25) is 0 Å². The van der Waals surface area contributed by atoms with E-state index in [1.807, 2.05) is 31.2 Å². The Balaban J connectivity index is 0.000000209. The highest BCUT2D eigenvalue weighted by molar-refractivity contribution is 5.78. The number of hydrogen-bond acceptors (Lipinski definition) is 3. The maximum Gasteiger partial charge on any atom is 0.0705 e. The van der Waals surface area contributed by atoms with Crippen molar-refractivity contribution in [3.8, 4) is 0 Å². The molecule has 1 heterocycles. The Morgan fingerprint density at radius 3 is 2.47 bits per heavy atom. The number of fused-ring (bicyclic) bond motifs is 1. The van der Waals surface area contributed by atoms with Gasteiger partial charge in [0.2, 0.25) is 0 Å². The van der Waals surface area contributed by atoms with Crippen LogP contribution in [-0.4, -0.2) is 27.9 Å². The topological polar surface area (TPSA) is 53.4 Å². The molecule has 0 bridgehead atoms.